The summed E-state index contributed by atoms with van der Waals surface area (Å²) in [5.41, 5.74) is 1.32. The van der Waals surface area contributed by atoms with Crippen molar-refractivity contribution in [2.24, 2.45) is 0 Å². The maximum absolute atomic E-state index is 11.9. The van der Waals surface area contributed by atoms with Crippen LogP contribution in [0.1, 0.15) is 49.4 Å². The highest BCUT2D eigenvalue weighted by atomic mass is 79.9. The Morgan fingerprint density at radius 3 is 2.89 bits per heavy atom. The number of ether oxygens (including phenoxy) is 1. The fraction of sp³-hybridized carbons (Fsp3) is 0.571. The molecule has 5 heteroatoms. The van der Waals surface area contributed by atoms with E-state index in [1.54, 1.807) is 13.1 Å². The molecule has 0 bridgehead atoms. The third kappa shape index (κ3) is 3.93. The molecule has 1 saturated carbocycles. The summed E-state index contributed by atoms with van der Waals surface area (Å²) in [6.07, 6.45) is 7.68. The average Bonchev–Trinajstić information content (AvgIpc) is 2.40. The number of halogens is 1. The molecular weight excluding hydrogens is 308 g/mol. The van der Waals surface area contributed by atoms with E-state index in [4.69, 9.17) is 4.74 Å². The Labute approximate surface area is 122 Å². The lowest BCUT2D eigenvalue weighted by Crippen LogP contribution is -2.24. The van der Waals surface area contributed by atoms with Gasteiger partial charge < -0.3 is 10.1 Å². The van der Waals surface area contributed by atoms with Crippen molar-refractivity contribution in [3.8, 4) is 0 Å². The van der Waals surface area contributed by atoms with Gasteiger partial charge in [-0.3, -0.25) is 0 Å². The fourth-order valence-electron chi connectivity index (χ4n) is 2.39. The minimum absolute atomic E-state index is 0.319. The molecule has 1 fully saturated rings. The van der Waals surface area contributed by atoms with Gasteiger partial charge in [0, 0.05) is 12.2 Å². The zero-order chi connectivity index (χ0) is 13.7. The average molecular weight is 327 g/mol. The molecule has 0 atom stereocenters. The van der Waals surface area contributed by atoms with E-state index in [0.29, 0.717) is 18.2 Å². The van der Waals surface area contributed by atoms with E-state index in [-0.39, 0.29) is 5.97 Å². The monoisotopic (exact) mass is 326 g/mol. The number of nitrogens with zero attached hydrogens (tertiary/aromatic N) is 1. The van der Waals surface area contributed by atoms with E-state index in [2.05, 4.69) is 26.2 Å². The second kappa shape index (κ2) is 6.89. The molecule has 0 aromatic carbocycles. The predicted molar refractivity (Wildman–Crippen MR) is 78.4 cm³/mol. The molecule has 1 aliphatic rings. The van der Waals surface area contributed by atoms with Crippen molar-refractivity contribution in [3.05, 3.63) is 22.4 Å². The number of carbonyl (C=O) groups is 1. The Morgan fingerprint density at radius 1 is 1.47 bits per heavy atom. The Kier molecular flexibility index (Phi) is 5.19. The van der Waals surface area contributed by atoms with Gasteiger partial charge in [-0.05, 0) is 41.8 Å². The van der Waals surface area contributed by atoms with Crippen LogP contribution in [-0.2, 0) is 4.74 Å². The molecule has 1 aliphatic carbocycles. The SMILES string of the molecule is CCOC(=O)c1cnc(Br)cc1NC1CCCCC1. The lowest BCUT2D eigenvalue weighted by atomic mass is 9.95. The van der Waals surface area contributed by atoms with Crippen LogP contribution in [0, 0.1) is 0 Å². The summed E-state index contributed by atoms with van der Waals surface area (Å²) in [7, 11) is 0. The standard InChI is InChI=1S/C14H19BrN2O2/c1-2-19-14(18)11-9-16-13(15)8-12(11)17-10-6-4-3-5-7-10/h8-10H,2-7H2,1H3,(H,16,17). The van der Waals surface area contributed by atoms with Crippen LogP contribution in [0.2, 0.25) is 0 Å². The second-order valence-electron chi connectivity index (χ2n) is 4.75. The lowest BCUT2D eigenvalue weighted by molar-refractivity contribution is 0.0527. The van der Waals surface area contributed by atoms with E-state index < -0.39 is 0 Å². The summed E-state index contributed by atoms with van der Waals surface area (Å²) in [4.78, 5) is 16.0. The van der Waals surface area contributed by atoms with E-state index in [0.717, 1.165) is 23.1 Å². The number of anilines is 1. The maximum atomic E-state index is 11.9. The molecule has 0 saturated heterocycles. The molecule has 1 aromatic heterocycles. The first-order chi connectivity index (χ1) is 9.20. The number of esters is 1. The second-order valence-corrected chi connectivity index (χ2v) is 5.56. The Balaban J connectivity index is 2.16. The third-order valence-electron chi connectivity index (χ3n) is 3.33. The minimum Gasteiger partial charge on any atom is -0.462 e. The van der Waals surface area contributed by atoms with Crippen molar-refractivity contribution in [1.29, 1.82) is 0 Å². The highest BCUT2D eigenvalue weighted by Crippen LogP contribution is 2.25. The molecule has 0 radical (unpaired) electrons. The smallest absolute Gasteiger partial charge is 0.341 e. The first-order valence-corrected chi connectivity index (χ1v) is 7.59. The first-order valence-electron chi connectivity index (χ1n) is 6.80. The van der Waals surface area contributed by atoms with E-state index >= 15 is 0 Å². The van der Waals surface area contributed by atoms with Gasteiger partial charge in [0.25, 0.3) is 0 Å². The van der Waals surface area contributed by atoms with Crippen LogP contribution in [0.5, 0.6) is 0 Å². The van der Waals surface area contributed by atoms with Crippen LogP contribution < -0.4 is 5.32 Å². The molecule has 0 aliphatic heterocycles. The van der Waals surface area contributed by atoms with Crippen molar-refractivity contribution in [3.63, 3.8) is 0 Å². The van der Waals surface area contributed by atoms with Gasteiger partial charge in [-0.25, -0.2) is 9.78 Å². The van der Waals surface area contributed by atoms with E-state index in [1.807, 2.05) is 6.07 Å². The van der Waals surface area contributed by atoms with Crippen molar-refractivity contribution < 1.29 is 9.53 Å². The van der Waals surface area contributed by atoms with Crippen molar-refractivity contribution in [2.45, 2.75) is 45.1 Å². The minimum atomic E-state index is -0.319. The van der Waals surface area contributed by atoms with Crippen molar-refractivity contribution >= 4 is 27.6 Å². The fourth-order valence-corrected chi connectivity index (χ4v) is 2.72. The molecule has 4 nitrogen and oxygen atoms in total. The van der Waals surface area contributed by atoms with Crippen LogP contribution in [0.4, 0.5) is 5.69 Å². The molecule has 1 heterocycles. The summed E-state index contributed by atoms with van der Waals surface area (Å²) in [5.74, 6) is -0.319. The van der Waals surface area contributed by atoms with Gasteiger partial charge in [0.15, 0.2) is 0 Å². The summed E-state index contributed by atoms with van der Waals surface area (Å²) in [5, 5.41) is 3.46. The maximum Gasteiger partial charge on any atom is 0.341 e. The number of nitrogens with one attached hydrogen (secondary N) is 1. The van der Waals surface area contributed by atoms with Gasteiger partial charge in [-0.1, -0.05) is 19.3 Å². The molecule has 0 amide bonds. The Hall–Kier alpha value is -1.10. The zero-order valence-electron chi connectivity index (χ0n) is 11.1. The van der Waals surface area contributed by atoms with Crippen LogP contribution >= 0.6 is 15.9 Å². The van der Waals surface area contributed by atoms with Gasteiger partial charge in [-0.2, -0.15) is 0 Å². The number of aromatic nitrogens is 1. The predicted octanol–water partition coefficient (Wildman–Crippen LogP) is 3.77. The number of carbonyl (C=O) groups excluding carboxylic acids is 1. The summed E-state index contributed by atoms with van der Waals surface area (Å²) in [6.45, 7) is 2.18. The molecule has 2 rings (SSSR count). The van der Waals surface area contributed by atoms with Crippen LogP contribution in [0.15, 0.2) is 16.9 Å². The largest absolute Gasteiger partial charge is 0.462 e. The summed E-state index contributed by atoms with van der Waals surface area (Å²) < 4.78 is 5.78. The number of pyridine rings is 1. The van der Waals surface area contributed by atoms with Crippen molar-refractivity contribution in [2.75, 3.05) is 11.9 Å². The highest BCUT2D eigenvalue weighted by molar-refractivity contribution is 9.10. The van der Waals surface area contributed by atoms with Gasteiger partial charge in [0.05, 0.1) is 12.3 Å². The van der Waals surface area contributed by atoms with E-state index in [1.165, 1.54) is 19.3 Å². The Morgan fingerprint density at radius 2 is 2.21 bits per heavy atom. The van der Waals surface area contributed by atoms with Gasteiger partial charge >= 0.3 is 5.97 Å². The molecule has 1 N–H and O–H groups in total. The first kappa shape index (κ1) is 14.3. The molecule has 1 aromatic rings. The number of hydrogen-bond acceptors (Lipinski definition) is 4. The number of rotatable bonds is 4. The van der Waals surface area contributed by atoms with Gasteiger partial charge in [0.2, 0.25) is 0 Å². The summed E-state index contributed by atoms with van der Waals surface area (Å²) in [6, 6.07) is 2.29. The lowest BCUT2D eigenvalue weighted by Gasteiger charge is -2.24. The highest BCUT2D eigenvalue weighted by Gasteiger charge is 2.18. The summed E-state index contributed by atoms with van der Waals surface area (Å²) >= 11 is 3.35. The zero-order valence-corrected chi connectivity index (χ0v) is 12.7. The van der Waals surface area contributed by atoms with Crippen LogP contribution in [0.25, 0.3) is 0 Å². The molecule has 0 unspecified atom stereocenters. The van der Waals surface area contributed by atoms with Gasteiger partial charge in [-0.15, -0.1) is 0 Å². The normalized spacial score (nSPS) is 16.1. The molecule has 0 spiro atoms. The molecule has 104 valence electrons. The Bertz CT molecular complexity index is 445. The van der Waals surface area contributed by atoms with Crippen molar-refractivity contribution in [1.82, 2.24) is 4.98 Å². The third-order valence-corrected chi connectivity index (χ3v) is 3.76. The topological polar surface area (TPSA) is 51.2 Å². The van der Waals surface area contributed by atoms with Crippen LogP contribution in [-0.4, -0.2) is 23.6 Å². The molecular formula is C14H19BrN2O2. The van der Waals surface area contributed by atoms with Crippen LogP contribution in [0.3, 0.4) is 0 Å². The molecule has 19 heavy (non-hydrogen) atoms. The number of hydrogen-bond donors (Lipinski definition) is 1. The van der Waals surface area contributed by atoms with Gasteiger partial charge in [0.1, 0.15) is 10.2 Å². The van der Waals surface area contributed by atoms with E-state index in [9.17, 15) is 4.79 Å². The quantitative estimate of drug-likeness (QED) is 0.676.